The third-order valence-corrected chi connectivity index (χ3v) is 5.35. The number of hydrogen-bond donors (Lipinski definition) is 2. The van der Waals surface area contributed by atoms with Crippen LogP contribution in [0.25, 0.3) is 0 Å². The van der Waals surface area contributed by atoms with Gasteiger partial charge in [0.2, 0.25) is 11.8 Å². The van der Waals surface area contributed by atoms with Crippen molar-refractivity contribution in [3.05, 3.63) is 108 Å². The molecule has 0 bridgehead atoms. The number of benzene rings is 3. The van der Waals surface area contributed by atoms with Crippen molar-refractivity contribution in [2.75, 3.05) is 13.2 Å². The molecule has 32 heavy (non-hydrogen) atoms. The Bertz CT molecular complexity index is 962. The monoisotopic (exact) mass is 430 g/mol. The van der Waals surface area contributed by atoms with Gasteiger partial charge in [-0.05, 0) is 23.1 Å². The lowest BCUT2D eigenvalue weighted by molar-refractivity contribution is -0.141. The zero-order valence-corrected chi connectivity index (χ0v) is 18.2. The third kappa shape index (κ3) is 7.06. The summed E-state index contributed by atoms with van der Waals surface area (Å²) >= 11 is 0. The maximum absolute atomic E-state index is 13.4. The highest BCUT2D eigenvalue weighted by molar-refractivity contribution is 5.88. The first kappa shape index (κ1) is 23.2. The molecule has 3 aromatic rings. The van der Waals surface area contributed by atoms with E-state index in [-0.39, 0.29) is 25.0 Å². The van der Waals surface area contributed by atoms with Crippen LogP contribution in [0, 0.1) is 0 Å². The molecule has 166 valence electrons. The van der Waals surface area contributed by atoms with Gasteiger partial charge in [0.05, 0.1) is 6.61 Å². The van der Waals surface area contributed by atoms with Gasteiger partial charge >= 0.3 is 0 Å². The van der Waals surface area contributed by atoms with Crippen LogP contribution in [0.5, 0.6) is 0 Å². The Morgan fingerprint density at radius 1 is 0.781 bits per heavy atom. The summed E-state index contributed by atoms with van der Waals surface area (Å²) in [5.41, 5.74) is 3.03. The van der Waals surface area contributed by atoms with Gasteiger partial charge in [-0.25, -0.2) is 0 Å². The highest BCUT2D eigenvalue weighted by atomic mass is 16.3. The Balaban J connectivity index is 1.86. The molecule has 0 spiro atoms. The molecule has 0 unspecified atom stereocenters. The Labute approximate surface area is 189 Å². The minimum absolute atomic E-state index is 0.0715. The molecule has 2 amide bonds. The molecule has 3 aromatic carbocycles. The second-order valence-corrected chi connectivity index (χ2v) is 7.71. The van der Waals surface area contributed by atoms with Gasteiger partial charge in [0.1, 0.15) is 6.04 Å². The largest absolute Gasteiger partial charge is 0.395 e. The van der Waals surface area contributed by atoms with Gasteiger partial charge in [0.15, 0.2) is 0 Å². The van der Waals surface area contributed by atoms with E-state index in [1.807, 2.05) is 91.0 Å². The van der Waals surface area contributed by atoms with Gasteiger partial charge in [-0.2, -0.15) is 0 Å². The quantitative estimate of drug-likeness (QED) is 0.490. The number of hydrogen-bond acceptors (Lipinski definition) is 3. The van der Waals surface area contributed by atoms with Crippen LogP contribution in [0.1, 0.15) is 23.1 Å². The minimum atomic E-state index is -0.674. The molecule has 2 N–H and O–H groups in total. The molecule has 0 radical (unpaired) electrons. The van der Waals surface area contributed by atoms with Gasteiger partial charge in [-0.3, -0.25) is 9.59 Å². The van der Waals surface area contributed by atoms with E-state index in [0.29, 0.717) is 25.8 Å². The van der Waals surface area contributed by atoms with E-state index in [9.17, 15) is 14.7 Å². The number of carbonyl (C=O) groups is 2. The molecule has 1 atom stereocenters. The van der Waals surface area contributed by atoms with Crippen molar-refractivity contribution in [2.24, 2.45) is 0 Å². The van der Waals surface area contributed by atoms with Crippen LogP contribution in [-0.4, -0.2) is 41.0 Å². The smallest absolute Gasteiger partial charge is 0.243 e. The third-order valence-electron chi connectivity index (χ3n) is 5.35. The van der Waals surface area contributed by atoms with Crippen LogP contribution in [-0.2, 0) is 29.0 Å². The first-order chi connectivity index (χ1) is 15.7. The fourth-order valence-electron chi connectivity index (χ4n) is 3.67. The molecule has 0 aliphatic heterocycles. The summed E-state index contributed by atoms with van der Waals surface area (Å²) in [5.74, 6) is -0.329. The fourth-order valence-corrected chi connectivity index (χ4v) is 3.67. The van der Waals surface area contributed by atoms with Crippen molar-refractivity contribution >= 4 is 11.8 Å². The normalized spacial score (nSPS) is 11.5. The van der Waals surface area contributed by atoms with Crippen LogP contribution >= 0.6 is 0 Å². The van der Waals surface area contributed by atoms with Gasteiger partial charge in [0.25, 0.3) is 0 Å². The molecule has 0 heterocycles. The molecule has 0 saturated heterocycles. The second kappa shape index (κ2) is 12.4. The average Bonchev–Trinajstić information content (AvgIpc) is 2.85. The highest BCUT2D eigenvalue weighted by Gasteiger charge is 2.30. The molecule has 0 saturated carbocycles. The molecule has 0 aliphatic carbocycles. The van der Waals surface area contributed by atoms with Gasteiger partial charge in [0, 0.05) is 25.9 Å². The van der Waals surface area contributed by atoms with E-state index in [1.54, 1.807) is 4.90 Å². The summed E-state index contributed by atoms with van der Waals surface area (Å²) in [5, 5.41) is 11.9. The maximum Gasteiger partial charge on any atom is 0.243 e. The van der Waals surface area contributed by atoms with Crippen molar-refractivity contribution in [3.63, 3.8) is 0 Å². The first-order valence-electron chi connectivity index (χ1n) is 11.0. The van der Waals surface area contributed by atoms with E-state index < -0.39 is 6.04 Å². The molecular formula is C27H30N2O3. The fraction of sp³-hybridized carbons (Fsp3) is 0.259. The lowest BCUT2D eigenvalue weighted by atomic mass is 10.0. The van der Waals surface area contributed by atoms with Crippen LogP contribution in [0.2, 0.25) is 0 Å². The number of aryl methyl sites for hydroxylation is 1. The number of nitrogens with zero attached hydrogens (tertiary/aromatic N) is 1. The summed E-state index contributed by atoms with van der Waals surface area (Å²) in [6, 6.07) is 28.6. The van der Waals surface area contributed by atoms with E-state index in [2.05, 4.69) is 5.32 Å². The lowest BCUT2D eigenvalue weighted by Crippen LogP contribution is -2.51. The molecule has 0 aromatic heterocycles. The summed E-state index contributed by atoms with van der Waals surface area (Å²) in [6.07, 6.45) is 1.33. The maximum atomic E-state index is 13.4. The zero-order chi connectivity index (χ0) is 22.6. The van der Waals surface area contributed by atoms with Gasteiger partial charge in [-0.15, -0.1) is 0 Å². The van der Waals surface area contributed by atoms with Gasteiger partial charge in [-0.1, -0.05) is 91.0 Å². The van der Waals surface area contributed by atoms with E-state index in [1.165, 1.54) is 0 Å². The van der Waals surface area contributed by atoms with E-state index >= 15 is 0 Å². The number of nitrogens with one attached hydrogen (secondary N) is 1. The number of rotatable bonds is 11. The predicted molar refractivity (Wildman–Crippen MR) is 126 cm³/mol. The Kier molecular flexibility index (Phi) is 9.02. The molecular weight excluding hydrogens is 400 g/mol. The Morgan fingerprint density at radius 2 is 1.31 bits per heavy atom. The number of carbonyl (C=O) groups excluding carboxylic acids is 2. The summed E-state index contributed by atoms with van der Waals surface area (Å²) in [4.78, 5) is 28.2. The van der Waals surface area contributed by atoms with Crippen LogP contribution in [0.4, 0.5) is 0 Å². The van der Waals surface area contributed by atoms with Crippen molar-refractivity contribution in [3.8, 4) is 0 Å². The zero-order valence-electron chi connectivity index (χ0n) is 18.2. The van der Waals surface area contributed by atoms with Crippen molar-refractivity contribution in [1.29, 1.82) is 0 Å². The lowest BCUT2D eigenvalue weighted by Gasteiger charge is -2.31. The van der Waals surface area contributed by atoms with Crippen molar-refractivity contribution in [1.82, 2.24) is 10.2 Å². The van der Waals surface area contributed by atoms with Crippen LogP contribution < -0.4 is 5.32 Å². The first-order valence-corrected chi connectivity index (χ1v) is 11.0. The summed E-state index contributed by atoms with van der Waals surface area (Å²) < 4.78 is 0. The topological polar surface area (TPSA) is 69.6 Å². The summed E-state index contributed by atoms with van der Waals surface area (Å²) in [6.45, 7) is 0.352. The van der Waals surface area contributed by atoms with Crippen molar-refractivity contribution in [2.45, 2.75) is 31.8 Å². The summed E-state index contributed by atoms with van der Waals surface area (Å²) in [7, 11) is 0. The highest BCUT2D eigenvalue weighted by Crippen LogP contribution is 2.17. The van der Waals surface area contributed by atoms with Crippen molar-refractivity contribution < 1.29 is 14.7 Å². The average molecular weight is 431 g/mol. The molecule has 5 nitrogen and oxygen atoms in total. The number of amides is 2. The van der Waals surface area contributed by atoms with Crippen LogP contribution in [0.15, 0.2) is 91.0 Å². The van der Waals surface area contributed by atoms with Gasteiger partial charge < -0.3 is 15.3 Å². The standard InChI is InChI=1S/C27H30N2O3/c30-19-18-28-27(32)25(20-23-12-6-2-7-13-23)29(21-24-14-8-3-9-15-24)26(31)17-16-22-10-4-1-5-11-22/h1-15,25,30H,16-21H2,(H,28,32)/t25-/m0/s1. The Hall–Kier alpha value is -3.44. The van der Waals surface area contributed by atoms with E-state index in [4.69, 9.17) is 0 Å². The van der Waals surface area contributed by atoms with Crippen LogP contribution in [0.3, 0.4) is 0 Å². The molecule has 5 heteroatoms. The SMILES string of the molecule is O=C(NCCO)[C@H](Cc1ccccc1)N(Cc1ccccc1)C(=O)CCc1ccccc1. The number of aliphatic hydroxyl groups excluding tert-OH is 1. The molecule has 0 aliphatic rings. The van der Waals surface area contributed by atoms with E-state index in [0.717, 1.165) is 16.7 Å². The second-order valence-electron chi connectivity index (χ2n) is 7.71. The molecule has 3 rings (SSSR count). The predicted octanol–water partition coefficient (Wildman–Crippen LogP) is 3.37. The Morgan fingerprint density at radius 3 is 1.88 bits per heavy atom. The minimum Gasteiger partial charge on any atom is -0.395 e. The number of aliphatic hydroxyl groups is 1. The molecule has 0 fully saturated rings.